The first-order valence-corrected chi connectivity index (χ1v) is 5.56. The van der Waals surface area contributed by atoms with Gasteiger partial charge in [-0.3, -0.25) is 0 Å². The quantitative estimate of drug-likeness (QED) is 0.847. The van der Waals surface area contributed by atoms with Crippen LogP contribution in [0.2, 0.25) is 0 Å². The maximum atomic E-state index is 5.38. The summed E-state index contributed by atoms with van der Waals surface area (Å²) < 4.78 is 5.38. The fraction of sp³-hybridized carbons (Fsp3) is 0.286. The van der Waals surface area contributed by atoms with E-state index in [1.165, 1.54) is 11.1 Å². The van der Waals surface area contributed by atoms with Crippen LogP contribution in [0.3, 0.4) is 0 Å². The molecule has 1 aromatic carbocycles. The van der Waals surface area contributed by atoms with E-state index >= 15 is 0 Å². The molecule has 0 spiro atoms. The molecule has 0 bridgehead atoms. The number of likely N-dealkylation sites (N-methyl/N-ethyl adjacent to an activating group) is 1. The van der Waals surface area contributed by atoms with Gasteiger partial charge in [0.25, 0.3) is 0 Å². The van der Waals surface area contributed by atoms with Gasteiger partial charge in [-0.25, -0.2) is 0 Å². The first-order valence-electron chi connectivity index (χ1n) is 5.56. The van der Waals surface area contributed by atoms with Crippen LogP contribution < -0.4 is 5.32 Å². The first-order chi connectivity index (χ1) is 7.79. The minimum Gasteiger partial charge on any atom is -0.469 e. The van der Waals surface area contributed by atoms with Gasteiger partial charge in [0, 0.05) is 12.5 Å². The highest BCUT2D eigenvalue weighted by molar-refractivity contribution is 5.26. The minimum absolute atomic E-state index is 0.311. The van der Waals surface area contributed by atoms with Gasteiger partial charge in [-0.2, -0.15) is 0 Å². The van der Waals surface area contributed by atoms with Crippen molar-refractivity contribution in [3.05, 3.63) is 59.5 Å². The van der Waals surface area contributed by atoms with Gasteiger partial charge in [0.05, 0.1) is 6.26 Å². The average molecular weight is 215 g/mol. The lowest BCUT2D eigenvalue weighted by atomic mass is 10.0. The van der Waals surface area contributed by atoms with Crippen LogP contribution >= 0.6 is 0 Å². The number of rotatable bonds is 4. The molecule has 84 valence electrons. The lowest BCUT2D eigenvalue weighted by molar-refractivity contribution is 0.466. The lowest BCUT2D eigenvalue weighted by Crippen LogP contribution is -2.18. The summed E-state index contributed by atoms with van der Waals surface area (Å²) in [5.41, 5.74) is 2.59. The Labute approximate surface area is 96.3 Å². The van der Waals surface area contributed by atoms with Crippen LogP contribution in [0.4, 0.5) is 0 Å². The molecule has 0 amide bonds. The molecule has 1 unspecified atom stereocenters. The van der Waals surface area contributed by atoms with E-state index in [1.807, 2.05) is 19.2 Å². The van der Waals surface area contributed by atoms with Crippen molar-refractivity contribution in [3.63, 3.8) is 0 Å². The molecule has 0 aliphatic heterocycles. The van der Waals surface area contributed by atoms with E-state index in [-0.39, 0.29) is 0 Å². The maximum absolute atomic E-state index is 5.38. The molecule has 2 heteroatoms. The zero-order valence-corrected chi connectivity index (χ0v) is 9.73. The van der Waals surface area contributed by atoms with Crippen LogP contribution in [0, 0.1) is 6.92 Å². The molecule has 16 heavy (non-hydrogen) atoms. The third kappa shape index (κ3) is 2.52. The Balaban J connectivity index is 2.16. The maximum Gasteiger partial charge on any atom is 0.105 e. The van der Waals surface area contributed by atoms with E-state index in [0.717, 1.165) is 12.2 Å². The second-order valence-corrected chi connectivity index (χ2v) is 4.04. The molecule has 0 fully saturated rings. The summed E-state index contributed by atoms with van der Waals surface area (Å²) in [6.45, 7) is 2.11. The van der Waals surface area contributed by atoms with Gasteiger partial charge >= 0.3 is 0 Å². The normalized spacial score (nSPS) is 12.6. The SMILES string of the molecule is CNC(Cc1ccco1)c1cccc(C)c1. The lowest BCUT2D eigenvalue weighted by Gasteiger charge is -2.15. The highest BCUT2D eigenvalue weighted by Crippen LogP contribution is 2.19. The van der Waals surface area contributed by atoms with Gasteiger partial charge in [0.2, 0.25) is 0 Å². The van der Waals surface area contributed by atoms with E-state index in [1.54, 1.807) is 6.26 Å². The van der Waals surface area contributed by atoms with Crippen molar-refractivity contribution in [2.24, 2.45) is 0 Å². The summed E-state index contributed by atoms with van der Waals surface area (Å²) in [4.78, 5) is 0. The van der Waals surface area contributed by atoms with Crippen LogP contribution in [0.1, 0.15) is 22.9 Å². The van der Waals surface area contributed by atoms with E-state index in [2.05, 4.69) is 36.5 Å². The van der Waals surface area contributed by atoms with Crippen LogP contribution in [0.25, 0.3) is 0 Å². The molecule has 0 aliphatic rings. The Kier molecular flexibility index (Phi) is 3.42. The average Bonchev–Trinajstić information content (AvgIpc) is 2.78. The smallest absolute Gasteiger partial charge is 0.105 e. The van der Waals surface area contributed by atoms with Crippen LogP contribution in [-0.2, 0) is 6.42 Å². The van der Waals surface area contributed by atoms with Crippen molar-refractivity contribution >= 4 is 0 Å². The molecule has 1 aromatic heterocycles. The van der Waals surface area contributed by atoms with Gasteiger partial charge in [0.1, 0.15) is 5.76 Å². The minimum atomic E-state index is 0.311. The third-order valence-corrected chi connectivity index (χ3v) is 2.78. The van der Waals surface area contributed by atoms with Crippen molar-refractivity contribution in [1.29, 1.82) is 0 Å². The molecule has 2 rings (SSSR count). The summed E-state index contributed by atoms with van der Waals surface area (Å²) in [5, 5.41) is 3.32. The van der Waals surface area contributed by atoms with Gasteiger partial charge < -0.3 is 9.73 Å². The largest absolute Gasteiger partial charge is 0.469 e. The van der Waals surface area contributed by atoms with Crippen LogP contribution in [0.5, 0.6) is 0 Å². The Morgan fingerprint density at radius 3 is 2.75 bits per heavy atom. The van der Waals surface area contributed by atoms with E-state index in [9.17, 15) is 0 Å². The molecule has 0 radical (unpaired) electrons. The summed E-state index contributed by atoms with van der Waals surface area (Å²) in [6.07, 6.45) is 2.60. The summed E-state index contributed by atoms with van der Waals surface area (Å²) >= 11 is 0. The molecule has 1 N–H and O–H groups in total. The molecular formula is C14H17NO. The van der Waals surface area contributed by atoms with Gasteiger partial charge in [-0.1, -0.05) is 29.8 Å². The zero-order valence-electron chi connectivity index (χ0n) is 9.73. The van der Waals surface area contributed by atoms with Crippen molar-refractivity contribution < 1.29 is 4.42 Å². The molecule has 1 atom stereocenters. The Morgan fingerprint density at radius 1 is 1.25 bits per heavy atom. The molecule has 0 aliphatic carbocycles. The summed E-state index contributed by atoms with van der Waals surface area (Å²) in [7, 11) is 1.98. The Hall–Kier alpha value is -1.54. The molecule has 1 heterocycles. The molecular weight excluding hydrogens is 198 g/mol. The van der Waals surface area contributed by atoms with Crippen molar-refractivity contribution in [2.45, 2.75) is 19.4 Å². The topological polar surface area (TPSA) is 25.2 Å². The Morgan fingerprint density at radius 2 is 2.12 bits per heavy atom. The summed E-state index contributed by atoms with van der Waals surface area (Å²) in [5.74, 6) is 1.01. The van der Waals surface area contributed by atoms with Crippen molar-refractivity contribution in [3.8, 4) is 0 Å². The zero-order chi connectivity index (χ0) is 11.4. The predicted octanol–water partition coefficient (Wildman–Crippen LogP) is 3.09. The number of furan rings is 1. The van der Waals surface area contributed by atoms with Gasteiger partial charge in [-0.15, -0.1) is 0 Å². The van der Waals surface area contributed by atoms with Gasteiger partial charge in [0.15, 0.2) is 0 Å². The predicted molar refractivity (Wildman–Crippen MR) is 65.4 cm³/mol. The number of hydrogen-bond acceptors (Lipinski definition) is 2. The fourth-order valence-electron chi connectivity index (χ4n) is 1.90. The number of aryl methyl sites for hydroxylation is 1. The third-order valence-electron chi connectivity index (χ3n) is 2.78. The molecule has 2 nitrogen and oxygen atoms in total. The second kappa shape index (κ2) is 4.99. The van der Waals surface area contributed by atoms with Crippen LogP contribution in [0.15, 0.2) is 47.1 Å². The standard InChI is InChI=1S/C14H17NO/c1-11-5-3-6-12(9-11)14(15-2)10-13-7-4-8-16-13/h3-9,14-15H,10H2,1-2H3. The first kappa shape index (κ1) is 11.0. The number of nitrogens with one attached hydrogen (secondary N) is 1. The van der Waals surface area contributed by atoms with Gasteiger partial charge in [-0.05, 0) is 31.7 Å². The highest BCUT2D eigenvalue weighted by Gasteiger charge is 2.11. The Bertz CT molecular complexity index is 434. The van der Waals surface area contributed by atoms with Crippen molar-refractivity contribution in [2.75, 3.05) is 7.05 Å². The monoisotopic (exact) mass is 215 g/mol. The van der Waals surface area contributed by atoms with Crippen molar-refractivity contribution in [1.82, 2.24) is 5.32 Å². The molecule has 2 aromatic rings. The number of hydrogen-bond donors (Lipinski definition) is 1. The molecule has 0 saturated heterocycles. The number of benzene rings is 1. The highest BCUT2D eigenvalue weighted by atomic mass is 16.3. The fourth-order valence-corrected chi connectivity index (χ4v) is 1.90. The van der Waals surface area contributed by atoms with E-state index in [0.29, 0.717) is 6.04 Å². The van der Waals surface area contributed by atoms with E-state index < -0.39 is 0 Å². The summed E-state index contributed by atoms with van der Waals surface area (Å²) in [6, 6.07) is 12.8. The second-order valence-electron chi connectivity index (χ2n) is 4.04. The molecule has 0 saturated carbocycles. The van der Waals surface area contributed by atoms with Crippen LogP contribution in [-0.4, -0.2) is 7.05 Å². The van der Waals surface area contributed by atoms with E-state index in [4.69, 9.17) is 4.42 Å².